The van der Waals surface area contributed by atoms with Crippen molar-refractivity contribution in [1.82, 2.24) is 10.2 Å². The Kier molecular flexibility index (Phi) is 10.1. The van der Waals surface area contributed by atoms with Gasteiger partial charge in [-0.3, -0.25) is 4.99 Å². The highest BCUT2D eigenvalue weighted by atomic mass is 127. The Labute approximate surface area is 161 Å². The molecule has 2 rings (SSSR count). The first-order valence-electron chi connectivity index (χ1n) is 8.53. The molecule has 4 nitrogen and oxygen atoms in total. The number of unbranched alkanes of at least 4 members (excludes halogenated alkanes) is 1. The van der Waals surface area contributed by atoms with Crippen molar-refractivity contribution in [3.05, 3.63) is 30.1 Å². The van der Waals surface area contributed by atoms with Crippen molar-refractivity contribution in [1.29, 1.82) is 0 Å². The number of ether oxygens (including phenoxy) is 1. The summed E-state index contributed by atoms with van der Waals surface area (Å²) in [7, 11) is 1.85. The van der Waals surface area contributed by atoms with Crippen molar-refractivity contribution in [2.45, 2.75) is 32.6 Å². The van der Waals surface area contributed by atoms with E-state index in [0.29, 0.717) is 6.61 Å². The third-order valence-corrected chi connectivity index (χ3v) is 4.23. The Morgan fingerprint density at radius 3 is 2.54 bits per heavy atom. The number of aliphatic imine (C=N–C) groups is 1. The number of piperidine rings is 1. The van der Waals surface area contributed by atoms with Crippen LogP contribution in [-0.4, -0.2) is 44.1 Å². The Bertz CT molecular complexity index is 488. The van der Waals surface area contributed by atoms with Crippen LogP contribution >= 0.6 is 24.0 Å². The molecule has 1 heterocycles. The Morgan fingerprint density at radius 2 is 1.92 bits per heavy atom. The van der Waals surface area contributed by atoms with Crippen LogP contribution in [0.3, 0.4) is 0 Å². The molecule has 1 aliphatic heterocycles. The van der Waals surface area contributed by atoms with E-state index in [4.69, 9.17) is 4.74 Å². The van der Waals surface area contributed by atoms with Crippen LogP contribution in [-0.2, 0) is 0 Å². The molecule has 1 aromatic carbocycles. The Balaban J connectivity index is 0.00000288. The van der Waals surface area contributed by atoms with E-state index >= 15 is 0 Å². The van der Waals surface area contributed by atoms with Gasteiger partial charge in [0.05, 0.1) is 6.61 Å². The van der Waals surface area contributed by atoms with Crippen molar-refractivity contribution in [3.63, 3.8) is 0 Å². The zero-order valence-corrected chi connectivity index (χ0v) is 17.0. The third-order valence-electron chi connectivity index (χ3n) is 4.23. The molecule has 6 heteroatoms. The molecule has 0 aromatic heterocycles. The number of nitrogens with zero attached hydrogens (tertiary/aromatic N) is 2. The highest BCUT2D eigenvalue weighted by Crippen LogP contribution is 2.16. The number of guanidine groups is 1. The standard InChI is InChI=1S/C18H28FN3O.HI/c1-15-9-12-22(13-10-15)18(20-2)21-11-3-4-14-23-17-7-5-16(19)6-8-17;/h5-8,15H,3-4,9-14H2,1-2H3,(H,20,21);1H. The van der Waals surface area contributed by atoms with Crippen molar-refractivity contribution in [2.75, 3.05) is 33.3 Å². The lowest BCUT2D eigenvalue weighted by Crippen LogP contribution is -2.45. The van der Waals surface area contributed by atoms with Gasteiger partial charge in [-0.05, 0) is 55.9 Å². The van der Waals surface area contributed by atoms with Gasteiger partial charge in [-0.15, -0.1) is 24.0 Å². The molecule has 24 heavy (non-hydrogen) atoms. The predicted molar refractivity (Wildman–Crippen MR) is 108 cm³/mol. The lowest BCUT2D eigenvalue weighted by molar-refractivity contribution is 0.272. The van der Waals surface area contributed by atoms with Gasteiger partial charge in [0.1, 0.15) is 11.6 Å². The SMILES string of the molecule is CN=C(NCCCCOc1ccc(F)cc1)N1CCC(C)CC1.I. The highest BCUT2D eigenvalue weighted by Gasteiger charge is 2.18. The molecule has 0 aliphatic carbocycles. The van der Waals surface area contributed by atoms with Gasteiger partial charge < -0.3 is 15.0 Å². The normalized spacial score (nSPS) is 15.8. The lowest BCUT2D eigenvalue weighted by Gasteiger charge is -2.32. The van der Waals surface area contributed by atoms with Gasteiger partial charge in [0.2, 0.25) is 0 Å². The monoisotopic (exact) mass is 449 g/mol. The fourth-order valence-electron chi connectivity index (χ4n) is 2.70. The van der Waals surface area contributed by atoms with Crippen LogP contribution in [0.25, 0.3) is 0 Å². The van der Waals surface area contributed by atoms with E-state index in [1.165, 1.54) is 25.0 Å². The molecule has 0 spiro atoms. The molecule has 0 atom stereocenters. The van der Waals surface area contributed by atoms with Crippen LogP contribution < -0.4 is 10.1 Å². The maximum Gasteiger partial charge on any atom is 0.193 e. The zero-order chi connectivity index (χ0) is 16.5. The van der Waals surface area contributed by atoms with E-state index < -0.39 is 0 Å². The van der Waals surface area contributed by atoms with Crippen molar-refractivity contribution < 1.29 is 9.13 Å². The summed E-state index contributed by atoms with van der Waals surface area (Å²) in [5, 5.41) is 3.43. The molecular weight excluding hydrogens is 420 g/mol. The maximum atomic E-state index is 12.8. The first-order chi connectivity index (χ1) is 11.2. The van der Waals surface area contributed by atoms with Crippen molar-refractivity contribution in [2.24, 2.45) is 10.9 Å². The second-order valence-electron chi connectivity index (χ2n) is 6.15. The minimum Gasteiger partial charge on any atom is -0.494 e. The van der Waals surface area contributed by atoms with Gasteiger partial charge in [0.25, 0.3) is 0 Å². The second kappa shape index (κ2) is 11.5. The second-order valence-corrected chi connectivity index (χ2v) is 6.15. The number of hydrogen-bond acceptors (Lipinski definition) is 2. The average Bonchev–Trinajstić information content (AvgIpc) is 2.57. The third kappa shape index (κ3) is 7.23. The average molecular weight is 449 g/mol. The van der Waals surface area contributed by atoms with Crippen molar-refractivity contribution in [3.8, 4) is 5.75 Å². The van der Waals surface area contributed by atoms with Crippen LogP contribution in [0, 0.1) is 11.7 Å². The minimum absolute atomic E-state index is 0. The summed E-state index contributed by atoms with van der Waals surface area (Å²) in [5.41, 5.74) is 0. The van der Waals surface area contributed by atoms with E-state index in [9.17, 15) is 4.39 Å². The number of benzene rings is 1. The number of rotatable bonds is 6. The number of nitrogens with one attached hydrogen (secondary N) is 1. The summed E-state index contributed by atoms with van der Waals surface area (Å²) in [5.74, 6) is 2.32. The number of hydrogen-bond donors (Lipinski definition) is 1. The molecular formula is C18H29FIN3O. The first kappa shape index (κ1) is 21.0. The summed E-state index contributed by atoms with van der Waals surface area (Å²) in [6, 6.07) is 6.15. The molecule has 0 saturated carbocycles. The van der Waals surface area contributed by atoms with Crippen LogP contribution in [0.1, 0.15) is 32.6 Å². The molecule has 1 aromatic rings. The van der Waals surface area contributed by atoms with Crippen LogP contribution in [0.4, 0.5) is 4.39 Å². The lowest BCUT2D eigenvalue weighted by atomic mass is 10.00. The molecule has 136 valence electrons. The highest BCUT2D eigenvalue weighted by molar-refractivity contribution is 14.0. The zero-order valence-electron chi connectivity index (χ0n) is 14.6. The fourth-order valence-corrected chi connectivity index (χ4v) is 2.70. The smallest absolute Gasteiger partial charge is 0.193 e. The van der Waals surface area contributed by atoms with Gasteiger partial charge in [0.15, 0.2) is 5.96 Å². The largest absolute Gasteiger partial charge is 0.494 e. The van der Waals surface area contributed by atoms with Gasteiger partial charge in [-0.2, -0.15) is 0 Å². The molecule has 0 radical (unpaired) electrons. The fraction of sp³-hybridized carbons (Fsp3) is 0.611. The molecule has 0 unspecified atom stereocenters. The molecule has 1 fully saturated rings. The van der Waals surface area contributed by atoms with E-state index in [0.717, 1.165) is 50.1 Å². The number of halogens is 2. The van der Waals surface area contributed by atoms with Crippen molar-refractivity contribution >= 4 is 29.9 Å². The summed E-state index contributed by atoms with van der Waals surface area (Å²) in [6.45, 7) is 6.04. The predicted octanol–water partition coefficient (Wildman–Crippen LogP) is 3.91. The van der Waals surface area contributed by atoms with Crippen LogP contribution in [0.5, 0.6) is 5.75 Å². The van der Waals surface area contributed by atoms with Gasteiger partial charge in [-0.1, -0.05) is 6.92 Å². The molecule has 0 amide bonds. The summed E-state index contributed by atoms with van der Waals surface area (Å²) in [6.07, 6.45) is 4.46. The van der Waals surface area contributed by atoms with Gasteiger partial charge >= 0.3 is 0 Å². The molecule has 1 aliphatic rings. The summed E-state index contributed by atoms with van der Waals surface area (Å²) in [4.78, 5) is 6.72. The van der Waals surface area contributed by atoms with E-state index in [1.807, 2.05) is 7.05 Å². The van der Waals surface area contributed by atoms with Gasteiger partial charge in [0, 0.05) is 26.7 Å². The maximum absolute atomic E-state index is 12.8. The van der Waals surface area contributed by atoms with E-state index in [-0.39, 0.29) is 29.8 Å². The number of likely N-dealkylation sites (tertiary alicyclic amines) is 1. The Hall–Kier alpha value is -1.05. The Morgan fingerprint density at radius 1 is 1.25 bits per heavy atom. The summed E-state index contributed by atoms with van der Waals surface area (Å²) >= 11 is 0. The topological polar surface area (TPSA) is 36.9 Å². The quantitative estimate of drug-likeness (QED) is 0.310. The van der Waals surface area contributed by atoms with Crippen LogP contribution in [0.15, 0.2) is 29.3 Å². The van der Waals surface area contributed by atoms with E-state index in [1.54, 1.807) is 12.1 Å². The van der Waals surface area contributed by atoms with Gasteiger partial charge in [-0.25, -0.2) is 4.39 Å². The molecule has 0 bridgehead atoms. The molecule has 1 N–H and O–H groups in total. The minimum atomic E-state index is -0.236. The molecule has 1 saturated heterocycles. The van der Waals surface area contributed by atoms with Crippen LogP contribution in [0.2, 0.25) is 0 Å². The van der Waals surface area contributed by atoms with E-state index in [2.05, 4.69) is 22.1 Å². The first-order valence-corrected chi connectivity index (χ1v) is 8.53. The summed E-state index contributed by atoms with van der Waals surface area (Å²) < 4.78 is 18.4.